The van der Waals surface area contributed by atoms with Crippen molar-refractivity contribution in [2.75, 3.05) is 0 Å². The van der Waals surface area contributed by atoms with E-state index >= 15 is 0 Å². The molecule has 0 unspecified atom stereocenters. The maximum absolute atomic E-state index is 14.6. The highest BCUT2D eigenvalue weighted by atomic mass is 19.1. The molecule has 8 heteroatoms. The molecule has 0 N–H and O–H groups in total. The molecular formula is C29H23F2N5O. The molecule has 37 heavy (non-hydrogen) atoms. The van der Waals surface area contributed by atoms with Gasteiger partial charge in [-0.1, -0.05) is 68.2 Å². The second kappa shape index (κ2) is 9.78. The van der Waals surface area contributed by atoms with Crippen molar-refractivity contribution in [1.82, 2.24) is 24.9 Å². The van der Waals surface area contributed by atoms with E-state index in [1.54, 1.807) is 35.0 Å². The fourth-order valence-electron chi connectivity index (χ4n) is 3.94. The van der Waals surface area contributed by atoms with Crippen molar-refractivity contribution in [1.29, 1.82) is 0 Å². The zero-order valence-corrected chi connectivity index (χ0v) is 20.5. The number of benzene rings is 2. The van der Waals surface area contributed by atoms with Crippen LogP contribution in [0.5, 0.6) is 0 Å². The summed E-state index contributed by atoms with van der Waals surface area (Å²) < 4.78 is 35.6. The lowest BCUT2D eigenvalue weighted by Crippen LogP contribution is -2.12. The van der Waals surface area contributed by atoms with Crippen molar-refractivity contribution in [2.45, 2.75) is 32.7 Å². The van der Waals surface area contributed by atoms with Crippen LogP contribution in [0.4, 0.5) is 8.78 Å². The van der Waals surface area contributed by atoms with E-state index in [0.29, 0.717) is 22.6 Å². The number of halogens is 2. The Balaban J connectivity index is 1.54. The van der Waals surface area contributed by atoms with Gasteiger partial charge in [-0.25, -0.2) is 18.7 Å². The van der Waals surface area contributed by atoms with Crippen molar-refractivity contribution in [3.8, 4) is 34.7 Å². The Labute approximate surface area is 213 Å². The Morgan fingerprint density at radius 1 is 0.919 bits per heavy atom. The van der Waals surface area contributed by atoms with Crippen LogP contribution in [0.3, 0.4) is 0 Å². The minimum Gasteiger partial charge on any atom is -0.364 e. The van der Waals surface area contributed by atoms with Crippen LogP contribution in [-0.2, 0) is 12.0 Å². The van der Waals surface area contributed by atoms with Gasteiger partial charge in [-0.15, -0.1) is 0 Å². The van der Waals surface area contributed by atoms with E-state index in [-0.39, 0.29) is 29.3 Å². The summed E-state index contributed by atoms with van der Waals surface area (Å²) in [4.78, 5) is 8.49. The summed E-state index contributed by atoms with van der Waals surface area (Å²) in [6.45, 7) is 6.44. The monoisotopic (exact) mass is 495 g/mol. The summed E-state index contributed by atoms with van der Waals surface area (Å²) in [5, 5.41) is 8.57. The third kappa shape index (κ3) is 5.16. The van der Waals surface area contributed by atoms with E-state index in [4.69, 9.17) is 4.52 Å². The molecule has 0 saturated heterocycles. The van der Waals surface area contributed by atoms with Gasteiger partial charge in [0, 0.05) is 17.2 Å². The van der Waals surface area contributed by atoms with Gasteiger partial charge in [-0.05, 0) is 35.1 Å². The molecule has 0 aliphatic rings. The molecule has 184 valence electrons. The molecule has 0 saturated carbocycles. The smallest absolute Gasteiger partial charge is 0.181 e. The molecule has 5 rings (SSSR count). The van der Waals surface area contributed by atoms with Crippen molar-refractivity contribution in [3.63, 3.8) is 0 Å². The predicted octanol–water partition coefficient (Wildman–Crippen LogP) is 6.02. The number of aromatic nitrogens is 5. The van der Waals surface area contributed by atoms with Crippen LogP contribution in [0.2, 0.25) is 0 Å². The van der Waals surface area contributed by atoms with Gasteiger partial charge in [-0.3, -0.25) is 4.68 Å². The first-order chi connectivity index (χ1) is 17.8. The average Bonchev–Trinajstić information content (AvgIpc) is 3.55. The Kier molecular flexibility index (Phi) is 6.36. The number of nitrogens with zero attached hydrogens (tertiary/aromatic N) is 5. The number of hydrogen-bond donors (Lipinski definition) is 0. The lowest BCUT2D eigenvalue weighted by atomic mass is 9.84. The SMILES string of the molecule is CC(C)(C)c1ccccc1C#Cc1nc(-c2cc(-c3ccon3)n(Cc3ccccc3F)n2)ncc1F. The summed E-state index contributed by atoms with van der Waals surface area (Å²) in [7, 11) is 0. The predicted molar refractivity (Wildman–Crippen MR) is 135 cm³/mol. The van der Waals surface area contributed by atoms with Gasteiger partial charge in [0.15, 0.2) is 17.3 Å². The van der Waals surface area contributed by atoms with Crippen molar-refractivity contribution in [2.24, 2.45) is 0 Å². The van der Waals surface area contributed by atoms with Crippen LogP contribution in [0, 0.1) is 23.5 Å². The molecule has 3 heterocycles. The highest BCUT2D eigenvalue weighted by molar-refractivity contribution is 5.63. The Bertz CT molecular complexity index is 1620. The first-order valence-corrected chi connectivity index (χ1v) is 11.7. The lowest BCUT2D eigenvalue weighted by molar-refractivity contribution is 0.421. The lowest BCUT2D eigenvalue weighted by Gasteiger charge is -2.20. The zero-order chi connectivity index (χ0) is 26.0. The zero-order valence-electron chi connectivity index (χ0n) is 20.5. The minimum atomic E-state index is -0.632. The molecule has 0 aliphatic carbocycles. The molecule has 3 aromatic heterocycles. The summed E-state index contributed by atoms with van der Waals surface area (Å²) >= 11 is 0. The maximum atomic E-state index is 14.6. The second-order valence-electron chi connectivity index (χ2n) is 9.48. The van der Waals surface area contributed by atoms with Gasteiger partial charge in [0.25, 0.3) is 0 Å². The molecule has 0 radical (unpaired) electrons. The van der Waals surface area contributed by atoms with Crippen LogP contribution >= 0.6 is 0 Å². The fraction of sp³-hybridized carbons (Fsp3) is 0.172. The van der Waals surface area contributed by atoms with E-state index in [1.165, 1.54) is 12.3 Å². The van der Waals surface area contributed by atoms with Gasteiger partial charge >= 0.3 is 0 Å². The van der Waals surface area contributed by atoms with Gasteiger partial charge in [0.1, 0.15) is 23.5 Å². The van der Waals surface area contributed by atoms with Crippen molar-refractivity contribution in [3.05, 3.63) is 107 Å². The maximum Gasteiger partial charge on any atom is 0.181 e. The van der Waals surface area contributed by atoms with Crippen LogP contribution < -0.4 is 0 Å². The van der Waals surface area contributed by atoms with Gasteiger partial charge in [0.05, 0.1) is 18.4 Å². The second-order valence-corrected chi connectivity index (χ2v) is 9.48. The molecule has 0 atom stereocenters. The molecule has 0 aliphatic heterocycles. The quantitative estimate of drug-likeness (QED) is 0.285. The first kappa shape index (κ1) is 24.1. The normalized spacial score (nSPS) is 11.3. The Hall–Kier alpha value is -4.64. The molecular weight excluding hydrogens is 472 g/mol. The van der Waals surface area contributed by atoms with Crippen molar-refractivity contribution >= 4 is 0 Å². The van der Waals surface area contributed by atoms with Crippen LogP contribution in [0.25, 0.3) is 22.9 Å². The number of hydrogen-bond acceptors (Lipinski definition) is 5. The summed E-state index contributed by atoms with van der Waals surface area (Å²) in [6.07, 6.45) is 2.51. The molecule has 6 nitrogen and oxygen atoms in total. The molecule has 0 bridgehead atoms. The Morgan fingerprint density at radius 2 is 1.70 bits per heavy atom. The van der Waals surface area contributed by atoms with E-state index in [2.05, 4.69) is 52.8 Å². The first-order valence-electron chi connectivity index (χ1n) is 11.7. The summed E-state index contributed by atoms with van der Waals surface area (Å²) in [5.41, 5.74) is 3.60. The molecule has 0 amide bonds. The van der Waals surface area contributed by atoms with Crippen LogP contribution in [-0.4, -0.2) is 24.9 Å². The standard InChI is InChI=1S/C29H23F2N5O/c1-29(2,3)21-10-6-4-8-19(21)12-13-24-23(31)17-32-28(33-24)26-16-27(25-14-15-37-35-25)36(34-26)18-20-9-5-7-11-22(20)30/h4-11,14-17H,18H2,1-3H3. The average molecular weight is 496 g/mol. The van der Waals surface area contributed by atoms with Gasteiger partial charge in [-0.2, -0.15) is 5.10 Å². The van der Waals surface area contributed by atoms with Crippen molar-refractivity contribution < 1.29 is 13.3 Å². The van der Waals surface area contributed by atoms with E-state index in [9.17, 15) is 8.78 Å². The number of rotatable bonds is 4. The van der Waals surface area contributed by atoms with Gasteiger partial charge < -0.3 is 4.52 Å². The van der Waals surface area contributed by atoms with E-state index in [1.807, 2.05) is 24.3 Å². The highest BCUT2D eigenvalue weighted by Gasteiger charge is 2.19. The molecule has 0 fully saturated rings. The third-order valence-electron chi connectivity index (χ3n) is 5.78. The van der Waals surface area contributed by atoms with E-state index in [0.717, 1.165) is 17.3 Å². The minimum absolute atomic E-state index is 0.0413. The summed E-state index contributed by atoms with van der Waals surface area (Å²) in [5.74, 6) is 5.13. The van der Waals surface area contributed by atoms with E-state index < -0.39 is 5.82 Å². The summed E-state index contributed by atoms with van der Waals surface area (Å²) in [6, 6.07) is 17.6. The Morgan fingerprint density at radius 3 is 2.46 bits per heavy atom. The molecule has 0 spiro atoms. The van der Waals surface area contributed by atoms with Gasteiger partial charge in [0.2, 0.25) is 0 Å². The largest absolute Gasteiger partial charge is 0.364 e. The molecule has 5 aromatic rings. The van der Waals surface area contributed by atoms with Crippen LogP contribution in [0.1, 0.15) is 43.2 Å². The fourth-order valence-corrected chi connectivity index (χ4v) is 3.94. The third-order valence-corrected chi connectivity index (χ3v) is 5.78. The van der Waals surface area contributed by atoms with Crippen LogP contribution in [0.15, 0.2) is 77.6 Å². The molecule has 2 aromatic carbocycles. The topological polar surface area (TPSA) is 69.6 Å². The highest BCUT2D eigenvalue weighted by Crippen LogP contribution is 2.26.